The number of hydrogen-bond donors (Lipinski definition) is 0. The quantitative estimate of drug-likeness (QED) is 0.131. The lowest BCUT2D eigenvalue weighted by Gasteiger charge is -2.28. The van der Waals surface area contributed by atoms with Crippen molar-refractivity contribution in [2.45, 2.75) is 18.3 Å². The van der Waals surface area contributed by atoms with E-state index in [1.807, 2.05) is 0 Å². The maximum atomic E-state index is 6.11. The first-order chi connectivity index (χ1) is 26.2. The summed E-state index contributed by atoms with van der Waals surface area (Å²) < 4.78 is 0. The fraction of sp³-hybridized carbons (Fsp3) is 0.0577. The van der Waals surface area contributed by atoms with Crippen molar-refractivity contribution in [3.63, 3.8) is 0 Å². The highest BCUT2D eigenvalue weighted by Gasteiger charge is 2.42. The van der Waals surface area contributed by atoms with E-state index >= 15 is 0 Å². The molecule has 246 valence electrons. The molecule has 0 radical (unpaired) electrons. The van der Waals surface area contributed by atoms with Crippen molar-refractivity contribution >= 4 is 43.1 Å². The molecule has 0 bridgehead atoms. The zero-order valence-electron chi connectivity index (χ0n) is 29.1. The Hall–Kier alpha value is -6.93. The molecule has 1 aromatic heterocycles. The average molecular weight is 672 g/mol. The molecule has 0 amide bonds. The van der Waals surface area contributed by atoms with Crippen LogP contribution in [0.25, 0.3) is 87.9 Å². The molecule has 0 spiro atoms. The van der Waals surface area contributed by atoms with E-state index in [0.717, 1.165) is 33.6 Å². The number of pyridine rings is 1. The predicted octanol–water partition coefficient (Wildman–Crippen LogP) is 13.0. The second kappa shape index (κ2) is 12.1. The van der Waals surface area contributed by atoms with Gasteiger partial charge in [0, 0.05) is 29.4 Å². The van der Waals surface area contributed by atoms with E-state index in [4.69, 9.17) is 17.8 Å². The van der Waals surface area contributed by atoms with Gasteiger partial charge in [-0.15, -0.1) is 24.7 Å². The van der Waals surface area contributed by atoms with Crippen molar-refractivity contribution in [2.75, 3.05) is 0 Å². The fourth-order valence-electron chi connectivity index (χ4n) is 8.96. The summed E-state index contributed by atoms with van der Waals surface area (Å²) in [5.41, 5.74) is 10.7. The van der Waals surface area contributed by atoms with Crippen LogP contribution >= 0.6 is 0 Å². The Kier molecular flexibility index (Phi) is 7.04. The number of nitrogens with zero attached hydrogens (tertiary/aromatic N) is 1. The first-order valence-electron chi connectivity index (χ1n) is 18.1. The molecule has 8 aromatic carbocycles. The Morgan fingerprint density at radius 3 is 1.34 bits per heavy atom. The van der Waals surface area contributed by atoms with Gasteiger partial charge in [-0.25, -0.2) is 4.98 Å². The van der Waals surface area contributed by atoms with Gasteiger partial charge in [-0.2, -0.15) is 0 Å². The molecule has 1 aliphatic rings. The van der Waals surface area contributed by atoms with Crippen molar-refractivity contribution in [1.29, 1.82) is 0 Å². The molecule has 1 aliphatic carbocycles. The van der Waals surface area contributed by atoms with Gasteiger partial charge in [0.15, 0.2) is 0 Å². The summed E-state index contributed by atoms with van der Waals surface area (Å²) in [4.78, 5) is 5.64. The Balaban J connectivity index is 1.31. The number of fused-ring (bicyclic) bond motifs is 7. The summed E-state index contributed by atoms with van der Waals surface area (Å²) in [5.74, 6) is 6.00. The van der Waals surface area contributed by atoms with Crippen LogP contribution in [0.1, 0.15) is 24.0 Å². The summed E-state index contributed by atoms with van der Waals surface area (Å²) in [6.07, 6.45) is 13.3. The minimum Gasteiger partial charge on any atom is -0.248 e. The molecule has 9 aromatic rings. The third kappa shape index (κ3) is 4.72. The Morgan fingerprint density at radius 1 is 0.415 bits per heavy atom. The third-order valence-corrected chi connectivity index (χ3v) is 11.3. The van der Waals surface area contributed by atoms with Gasteiger partial charge in [-0.05, 0) is 107 Å². The van der Waals surface area contributed by atoms with Crippen LogP contribution in [0.15, 0.2) is 164 Å². The van der Waals surface area contributed by atoms with Gasteiger partial charge in [-0.3, -0.25) is 0 Å². The topological polar surface area (TPSA) is 12.9 Å². The van der Waals surface area contributed by atoms with Gasteiger partial charge in [0.2, 0.25) is 0 Å². The minimum absolute atomic E-state index is 0.457. The number of benzene rings is 8. The average Bonchev–Trinajstić information content (AvgIpc) is 3.47. The maximum Gasteiger partial charge on any atom is 0.0728 e. The second-order valence-corrected chi connectivity index (χ2v) is 14.2. The second-order valence-electron chi connectivity index (χ2n) is 14.2. The first kappa shape index (κ1) is 30.9. The van der Waals surface area contributed by atoms with Gasteiger partial charge in [-0.1, -0.05) is 133 Å². The smallest absolute Gasteiger partial charge is 0.0728 e. The zero-order chi connectivity index (χ0) is 35.5. The van der Waals surface area contributed by atoms with E-state index in [9.17, 15) is 0 Å². The van der Waals surface area contributed by atoms with E-state index in [1.54, 1.807) is 0 Å². The molecule has 0 saturated heterocycles. The van der Waals surface area contributed by atoms with Crippen LogP contribution in [-0.2, 0) is 5.41 Å². The van der Waals surface area contributed by atoms with Crippen molar-refractivity contribution in [3.8, 4) is 69.5 Å². The highest BCUT2D eigenvalue weighted by molar-refractivity contribution is 6.14. The van der Waals surface area contributed by atoms with Crippen molar-refractivity contribution in [3.05, 3.63) is 175 Å². The van der Waals surface area contributed by atoms with Crippen molar-refractivity contribution in [1.82, 2.24) is 4.98 Å². The van der Waals surface area contributed by atoms with E-state index in [2.05, 4.69) is 176 Å². The molecule has 0 unspecified atom stereocenters. The summed E-state index contributed by atoms with van der Waals surface area (Å²) >= 11 is 0. The zero-order valence-corrected chi connectivity index (χ0v) is 29.1. The van der Waals surface area contributed by atoms with Crippen LogP contribution in [0.3, 0.4) is 0 Å². The summed E-state index contributed by atoms with van der Waals surface area (Å²) in [6.45, 7) is 0. The molecule has 1 heterocycles. The van der Waals surface area contributed by atoms with Gasteiger partial charge in [0.05, 0.1) is 11.4 Å². The van der Waals surface area contributed by atoms with Crippen LogP contribution in [-0.4, -0.2) is 4.98 Å². The highest BCUT2D eigenvalue weighted by atomic mass is 14.7. The van der Waals surface area contributed by atoms with Crippen molar-refractivity contribution in [2.24, 2.45) is 0 Å². The number of hydrogen-bond acceptors (Lipinski definition) is 1. The summed E-state index contributed by atoms with van der Waals surface area (Å²) in [7, 11) is 0. The molecule has 0 fully saturated rings. The Morgan fingerprint density at radius 2 is 0.849 bits per heavy atom. The predicted molar refractivity (Wildman–Crippen MR) is 224 cm³/mol. The standard InChI is InChI=1S/C52H33N/c1-3-27-52(28-4-2)46-24-14-13-23-44(46)45-26-25-34(31-47(45)52)39-32-48(50-40-19-9-5-15-35(40)29-36-16-6-10-20-41(36)50)53-49(33-39)51-42-21-11-7-17-37(42)30-38-18-8-12-22-43(38)51/h1-2,5-26,29-33H,27-28H2. The number of terminal acetylenes is 2. The van der Waals surface area contributed by atoms with Gasteiger partial charge in [0.1, 0.15) is 0 Å². The summed E-state index contributed by atoms with van der Waals surface area (Å²) in [5, 5.41) is 9.46. The molecular weight excluding hydrogens is 639 g/mol. The lowest BCUT2D eigenvalue weighted by Crippen LogP contribution is -2.24. The van der Waals surface area contributed by atoms with Crippen LogP contribution < -0.4 is 0 Å². The minimum atomic E-state index is -0.457. The van der Waals surface area contributed by atoms with E-state index in [0.29, 0.717) is 12.8 Å². The molecule has 0 atom stereocenters. The van der Waals surface area contributed by atoms with Gasteiger partial charge >= 0.3 is 0 Å². The maximum absolute atomic E-state index is 6.11. The van der Waals surface area contributed by atoms with E-state index in [1.165, 1.54) is 65.3 Å². The molecular formula is C52H33N. The van der Waals surface area contributed by atoms with Crippen LogP contribution in [0, 0.1) is 24.7 Å². The highest BCUT2D eigenvalue weighted by Crippen LogP contribution is 2.53. The monoisotopic (exact) mass is 671 g/mol. The lowest BCUT2D eigenvalue weighted by molar-refractivity contribution is 0.560. The summed E-state index contributed by atoms with van der Waals surface area (Å²) in [6, 6.07) is 59.2. The van der Waals surface area contributed by atoms with E-state index < -0.39 is 5.41 Å². The molecule has 53 heavy (non-hydrogen) atoms. The van der Waals surface area contributed by atoms with Gasteiger partial charge in [0.25, 0.3) is 0 Å². The Bertz CT molecular complexity index is 2780. The van der Waals surface area contributed by atoms with Crippen LogP contribution in [0.4, 0.5) is 0 Å². The largest absolute Gasteiger partial charge is 0.248 e. The van der Waals surface area contributed by atoms with Crippen LogP contribution in [0.2, 0.25) is 0 Å². The molecule has 0 saturated carbocycles. The Labute approximate surface area is 309 Å². The molecule has 0 aliphatic heterocycles. The lowest BCUT2D eigenvalue weighted by atomic mass is 9.73. The fourth-order valence-corrected chi connectivity index (χ4v) is 8.96. The number of aromatic nitrogens is 1. The molecule has 0 N–H and O–H groups in total. The first-order valence-corrected chi connectivity index (χ1v) is 18.1. The molecule has 10 rings (SSSR count). The van der Waals surface area contributed by atoms with E-state index in [-0.39, 0.29) is 0 Å². The van der Waals surface area contributed by atoms with Crippen molar-refractivity contribution < 1.29 is 0 Å². The van der Waals surface area contributed by atoms with Crippen LogP contribution in [0.5, 0.6) is 0 Å². The third-order valence-electron chi connectivity index (χ3n) is 11.3. The molecule has 1 heteroatoms. The number of rotatable bonds is 5. The van der Waals surface area contributed by atoms with Gasteiger partial charge < -0.3 is 0 Å². The normalized spacial score (nSPS) is 12.8. The SMILES string of the molecule is C#CCC1(CC#C)c2ccccc2-c2ccc(-c3cc(-c4c5ccccc5cc5ccccc45)nc(-c4c5ccccc5cc5ccccc45)c3)cc21. The molecule has 1 nitrogen and oxygen atoms in total.